The number of hydrogen-bond donors (Lipinski definition) is 3. The van der Waals surface area contributed by atoms with Gasteiger partial charge in [-0.15, -0.1) is 0 Å². The number of carbonyl (C=O) groups is 1. The number of nitrogens with two attached hydrogens (primary N) is 1. The van der Waals surface area contributed by atoms with E-state index in [1.807, 2.05) is 0 Å². The molecule has 0 spiro atoms. The number of nitrogen functional groups attached to an aromatic ring is 1. The minimum atomic E-state index is -1.29. The molecule has 3 heterocycles. The molecule has 4 atom stereocenters. The summed E-state index contributed by atoms with van der Waals surface area (Å²) in [7, 11) is 2.80. The van der Waals surface area contributed by atoms with Crippen LogP contribution in [-0.4, -0.2) is 79.3 Å². The summed E-state index contributed by atoms with van der Waals surface area (Å²) < 4.78 is 13.1. The van der Waals surface area contributed by atoms with Gasteiger partial charge in [-0.2, -0.15) is 9.97 Å². The first kappa shape index (κ1) is 21.4. The van der Waals surface area contributed by atoms with Gasteiger partial charge in [0.1, 0.15) is 24.4 Å². The average molecular weight is 434 g/mol. The zero-order valence-electron chi connectivity index (χ0n) is 17.3. The number of carbonyl (C=O) groups excluding carboxylic acids is 1. The summed E-state index contributed by atoms with van der Waals surface area (Å²) in [5.41, 5.74) is 6.68. The second-order valence-electron chi connectivity index (χ2n) is 7.59. The second kappa shape index (κ2) is 8.75. The Labute approximate surface area is 178 Å². The highest BCUT2D eigenvalue weighted by Gasteiger charge is 2.43. The molecule has 12 heteroatoms. The van der Waals surface area contributed by atoms with Gasteiger partial charge in [0, 0.05) is 13.1 Å². The zero-order chi connectivity index (χ0) is 22.1. The molecule has 0 bridgehead atoms. The molecule has 1 aliphatic carbocycles. The van der Waals surface area contributed by atoms with Crippen molar-refractivity contribution in [2.75, 3.05) is 19.9 Å². The van der Waals surface area contributed by atoms with Crippen molar-refractivity contribution in [1.29, 1.82) is 0 Å². The lowest BCUT2D eigenvalue weighted by Gasteiger charge is -2.17. The van der Waals surface area contributed by atoms with Gasteiger partial charge in [0.2, 0.25) is 0 Å². The fourth-order valence-corrected chi connectivity index (χ4v) is 3.76. The van der Waals surface area contributed by atoms with Crippen LogP contribution in [-0.2, 0) is 14.4 Å². The largest absolute Gasteiger partial charge is 0.460 e. The van der Waals surface area contributed by atoms with Crippen molar-refractivity contribution >= 4 is 22.9 Å². The number of fused-ring (bicyclic) bond motifs is 1. The zero-order valence-corrected chi connectivity index (χ0v) is 17.3. The lowest BCUT2D eigenvalue weighted by molar-refractivity contribution is -0.162. The molecule has 2 aliphatic rings. The van der Waals surface area contributed by atoms with E-state index in [0.717, 1.165) is 30.7 Å². The molecule has 2 fully saturated rings. The molecule has 1 amide bonds. The summed E-state index contributed by atoms with van der Waals surface area (Å²) in [6.45, 7) is 0. The van der Waals surface area contributed by atoms with E-state index < -0.39 is 30.4 Å². The molecule has 0 radical (unpaired) electrons. The number of imidazole rings is 1. The topological polar surface area (TPSA) is 158 Å². The van der Waals surface area contributed by atoms with E-state index in [2.05, 4.69) is 15.0 Å². The van der Waals surface area contributed by atoms with E-state index in [1.165, 1.54) is 37.2 Å². The first-order chi connectivity index (χ1) is 14.9. The predicted octanol–water partition coefficient (Wildman–Crippen LogP) is -0.0749. The lowest BCUT2D eigenvalue weighted by atomic mass is 10.1. The molecule has 1 saturated carbocycles. The second-order valence-corrected chi connectivity index (χ2v) is 7.59. The summed E-state index contributed by atoms with van der Waals surface area (Å²) in [6, 6.07) is 0.135. The van der Waals surface area contributed by atoms with Crippen molar-refractivity contribution in [3.8, 4) is 6.01 Å². The number of anilines is 1. The van der Waals surface area contributed by atoms with Crippen molar-refractivity contribution in [1.82, 2.24) is 24.6 Å². The average Bonchev–Trinajstić information content (AvgIpc) is 3.47. The summed E-state index contributed by atoms with van der Waals surface area (Å²) in [4.78, 5) is 29.5. The molecular weight excluding hydrogens is 408 g/mol. The van der Waals surface area contributed by atoms with E-state index in [4.69, 9.17) is 20.0 Å². The van der Waals surface area contributed by atoms with Gasteiger partial charge in [0.15, 0.2) is 23.2 Å². The van der Waals surface area contributed by atoms with E-state index in [-0.39, 0.29) is 17.9 Å². The number of likely N-dealkylation sites (N-methyl/N-ethyl adjacent to an activating group) is 1. The first-order valence-electron chi connectivity index (χ1n) is 10.1. The highest BCUT2D eigenvalue weighted by atomic mass is 16.7. The van der Waals surface area contributed by atoms with Crippen LogP contribution < -0.4 is 10.5 Å². The highest BCUT2D eigenvalue weighted by molar-refractivity contribution is 5.86. The van der Waals surface area contributed by atoms with E-state index in [1.54, 1.807) is 0 Å². The standard InChI is InChI=1S/C19H26N6O6/c1-24(29-2)12(26)8-7-11-14(27)15(28)18(31-11)25-9-21-13-16(20)22-19(23-17(13)25)30-10-5-3-4-6-10/h7-11,14-15,18,27-28H,3-6H2,1-2H3,(H2,20,22,23)/t11-,14-,15-,18-/m1/s1. The third-order valence-electron chi connectivity index (χ3n) is 5.56. The monoisotopic (exact) mass is 434 g/mol. The van der Waals surface area contributed by atoms with Crippen LogP contribution in [0.15, 0.2) is 18.5 Å². The molecule has 4 rings (SSSR count). The Morgan fingerprint density at radius 2 is 2.06 bits per heavy atom. The fourth-order valence-electron chi connectivity index (χ4n) is 3.76. The number of aromatic nitrogens is 4. The molecule has 168 valence electrons. The number of hydrogen-bond acceptors (Lipinski definition) is 10. The number of aliphatic hydroxyl groups excluding tert-OH is 2. The van der Waals surface area contributed by atoms with Gasteiger partial charge in [-0.1, -0.05) is 0 Å². The number of nitrogens with zero attached hydrogens (tertiary/aromatic N) is 5. The quantitative estimate of drug-likeness (QED) is 0.415. The van der Waals surface area contributed by atoms with E-state index in [0.29, 0.717) is 11.2 Å². The fraction of sp³-hybridized carbons (Fsp3) is 0.579. The molecule has 12 nitrogen and oxygen atoms in total. The van der Waals surface area contributed by atoms with Gasteiger partial charge in [-0.3, -0.25) is 14.2 Å². The van der Waals surface area contributed by atoms with Gasteiger partial charge < -0.3 is 25.4 Å². The Hall–Kier alpha value is -2.80. The SMILES string of the molecule is CON(C)C(=O)C=C[C@H]1O[C@@H](n2cnc3c(N)nc(OC4CCCC4)nc32)[C@H](O)[C@@H]1O. The molecule has 2 aromatic rings. The minimum absolute atomic E-state index is 0.0423. The van der Waals surface area contributed by atoms with Crippen LogP contribution in [0.25, 0.3) is 11.2 Å². The number of ether oxygens (including phenoxy) is 2. The van der Waals surface area contributed by atoms with Gasteiger partial charge in [0.25, 0.3) is 5.91 Å². The van der Waals surface area contributed by atoms with Crippen LogP contribution >= 0.6 is 0 Å². The predicted molar refractivity (Wildman–Crippen MR) is 107 cm³/mol. The first-order valence-corrected chi connectivity index (χ1v) is 10.1. The lowest BCUT2D eigenvalue weighted by Crippen LogP contribution is -2.31. The van der Waals surface area contributed by atoms with Gasteiger partial charge >= 0.3 is 6.01 Å². The maximum absolute atomic E-state index is 11.9. The number of hydroxylamine groups is 2. The Balaban J connectivity index is 1.58. The number of aliphatic hydroxyl groups is 2. The van der Waals surface area contributed by atoms with Gasteiger partial charge in [-0.25, -0.2) is 10.0 Å². The summed E-state index contributed by atoms with van der Waals surface area (Å²) in [5.74, 6) is -0.298. The number of rotatable bonds is 6. The van der Waals surface area contributed by atoms with Crippen LogP contribution in [0.1, 0.15) is 31.9 Å². The Morgan fingerprint density at radius 3 is 2.77 bits per heavy atom. The van der Waals surface area contributed by atoms with Crippen molar-refractivity contribution in [2.24, 2.45) is 0 Å². The van der Waals surface area contributed by atoms with Crippen LogP contribution in [0.5, 0.6) is 6.01 Å². The molecule has 1 saturated heterocycles. The molecule has 2 aromatic heterocycles. The van der Waals surface area contributed by atoms with Crippen LogP contribution in [0.3, 0.4) is 0 Å². The Kier molecular flexibility index (Phi) is 6.05. The van der Waals surface area contributed by atoms with Crippen LogP contribution in [0.4, 0.5) is 5.82 Å². The Bertz CT molecular complexity index is 974. The van der Waals surface area contributed by atoms with Crippen molar-refractivity contribution in [2.45, 2.75) is 56.3 Å². The van der Waals surface area contributed by atoms with Crippen molar-refractivity contribution in [3.05, 3.63) is 18.5 Å². The summed E-state index contributed by atoms with van der Waals surface area (Å²) in [6.07, 6.45) is 3.57. The van der Waals surface area contributed by atoms with Crippen molar-refractivity contribution < 1.29 is 29.3 Å². The van der Waals surface area contributed by atoms with Crippen molar-refractivity contribution in [3.63, 3.8) is 0 Å². The smallest absolute Gasteiger partial charge is 0.320 e. The highest BCUT2D eigenvalue weighted by Crippen LogP contribution is 2.33. The third kappa shape index (κ3) is 4.19. The normalized spacial score (nSPS) is 26.8. The van der Waals surface area contributed by atoms with E-state index in [9.17, 15) is 15.0 Å². The molecule has 31 heavy (non-hydrogen) atoms. The van der Waals surface area contributed by atoms with Gasteiger partial charge in [-0.05, 0) is 31.8 Å². The maximum Gasteiger partial charge on any atom is 0.320 e. The molecule has 4 N–H and O–H groups in total. The Morgan fingerprint density at radius 1 is 1.32 bits per heavy atom. The molecule has 1 aliphatic heterocycles. The van der Waals surface area contributed by atoms with Crippen LogP contribution in [0, 0.1) is 0 Å². The van der Waals surface area contributed by atoms with E-state index >= 15 is 0 Å². The third-order valence-corrected chi connectivity index (χ3v) is 5.56. The van der Waals surface area contributed by atoms with Crippen LogP contribution in [0.2, 0.25) is 0 Å². The number of amides is 1. The minimum Gasteiger partial charge on any atom is -0.460 e. The summed E-state index contributed by atoms with van der Waals surface area (Å²) in [5, 5.41) is 22.0. The molecule has 0 aromatic carbocycles. The maximum atomic E-state index is 11.9. The molecule has 0 unspecified atom stereocenters. The van der Waals surface area contributed by atoms with Gasteiger partial charge in [0.05, 0.1) is 13.4 Å². The molecular formula is C19H26N6O6. The summed E-state index contributed by atoms with van der Waals surface area (Å²) >= 11 is 0.